The molecule has 1 rings (SSSR count). The number of rotatable bonds is 6. The lowest BCUT2D eigenvalue weighted by atomic mass is 10.1. The summed E-state index contributed by atoms with van der Waals surface area (Å²) in [6.07, 6.45) is -0.486. The Morgan fingerprint density at radius 2 is 1.92 bits per heavy atom. The summed E-state index contributed by atoms with van der Waals surface area (Å²) in [6, 6.07) is 9.26. The molecule has 1 atom stereocenters. The number of guanidine groups is 1. The minimum absolute atomic E-state index is 0. The molecule has 1 aromatic carbocycles. The maximum atomic E-state index is 12.1. The zero-order chi connectivity index (χ0) is 18.2. The SMILES string of the molecule is C=C(C)CNC(N)=NCC(NC(=O)OC(C)(C)C)c1ccccc1.I. The first-order chi connectivity index (χ1) is 11.2. The molecule has 0 aliphatic heterocycles. The highest BCUT2D eigenvalue weighted by Crippen LogP contribution is 2.15. The topological polar surface area (TPSA) is 88.7 Å². The van der Waals surface area contributed by atoms with Gasteiger partial charge in [-0.3, -0.25) is 4.99 Å². The van der Waals surface area contributed by atoms with Crippen LogP contribution in [0, 0.1) is 0 Å². The molecule has 0 aromatic heterocycles. The first-order valence-electron chi connectivity index (χ1n) is 7.90. The average Bonchev–Trinajstić information content (AvgIpc) is 2.48. The maximum Gasteiger partial charge on any atom is 0.408 e. The van der Waals surface area contributed by atoms with Crippen LogP contribution in [-0.2, 0) is 4.74 Å². The van der Waals surface area contributed by atoms with Gasteiger partial charge in [-0.25, -0.2) is 4.79 Å². The predicted octanol–water partition coefficient (Wildman–Crippen LogP) is 3.35. The Hall–Kier alpha value is -1.77. The van der Waals surface area contributed by atoms with Gasteiger partial charge in [0.25, 0.3) is 0 Å². The van der Waals surface area contributed by atoms with Gasteiger partial charge in [-0.15, -0.1) is 24.0 Å². The third kappa shape index (κ3) is 10.6. The number of carbonyl (C=O) groups is 1. The highest BCUT2D eigenvalue weighted by atomic mass is 127. The van der Waals surface area contributed by atoms with E-state index >= 15 is 0 Å². The fourth-order valence-corrected chi connectivity index (χ4v) is 1.86. The fraction of sp³-hybridized carbons (Fsp3) is 0.444. The quantitative estimate of drug-likeness (QED) is 0.263. The summed E-state index contributed by atoms with van der Waals surface area (Å²) in [6.45, 7) is 12.0. The molecule has 1 unspecified atom stereocenters. The molecule has 0 spiro atoms. The number of hydrogen-bond donors (Lipinski definition) is 3. The van der Waals surface area contributed by atoms with Gasteiger partial charge in [-0.2, -0.15) is 0 Å². The number of benzene rings is 1. The van der Waals surface area contributed by atoms with E-state index in [1.54, 1.807) is 0 Å². The molecule has 0 saturated carbocycles. The van der Waals surface area contributed by atoms with Gasteiger partial charge in [0.2, 0.25) is 0 Å². The van der Waals surface area contributed by atoms with Gasteiger partial charge in [-0.05, 0) is 33.3 Å². The van der Waals surface area contributed by atoms with Crippen molar-refractivity contribution in [1.29, 1.82) is 0 Å². The van der Waals surface area contributed by atoms with E-state index in [9.17, 15) is 4.79 Å². The summed E-state index contributed by atoms with van der Waals surface area (Å²) in [4.78, 5) is 16.4. The van der Waals surface area contributed by atoms with Gasteiger partial charge in [0, 0.05) is 6.54 Å². The average molecular weight is 460 g/mol. The Bertz CT molecular complexity index is 582. The van der Waals surface area contributed by atoms with Gasteiger partial charge in [0.05, 0.1) is 12.6 Å². The van der Waals surface area contributed by atoms with Crippen molar-refractivity contribution >= 4 is 36.0 Å². The number of amides is 1. The summed E-state index contributed by atoms with van der Waals surface area (Å²) in [5.41, 5.74) is 7.16. The smallest absolute Gasteiger partial charge is 0.408 e. The van der Waals surface area contributed by atoms with Crippen molar-refractivity contribution in [3.8, 4) is 0 Å². The Kier molecular flexibility index (Phi) is 10.2. The zero-order valence-corrected chi connectivity index (χ0v) is 17.7. The molecule has 4 N–H and O–H groups in total. The van der Waals surface area contributed by atoms with Gasteiger partial charge in [-0.1, -0.05) is 42.5 Å². The largest absolute Gasteiger partial charge is 0.444 e. The van der Waals surface area contributed by atoms with Gasteiger partial charge in [0.15, 0.2) is 5.96 Å². The molecule has 0 bridgehead atoms. The van der Waals surface area contributed by atoms with E-state index in [4.69, 9.17) is 10.5 Å². The molecule has 1 aromatic rings. The van der Waals surface area contributed by atoms with Crippen LogP contribution in [0.3, 0.4) is 0 Å². The predicted molar refractivity (Wildman–Crippen MR) is 113 cm³/mol. The van der Waals surface area contributed by atoms with Crippen LogP contribution >= 0.6 is 24.0 Å². The lowest BCUT2D eigenvalue weighted by Gasteiger charge is -2.23. The maximum absolute atomic E-state index is 12.1. The zero-order valence-electron chi connectivity index (χ0n) is 15.3. The minimum atomic E-state index is -0.559. The van der Waals surface area contributed by atoms with Gasteiger partial charge >= 0.3 is 6.09 Å². The molecule has 0 aliphatic carbocycles. The molecule has 0 heterocycles. The number of nitrogens with zero attached hydrogens (tertiary/aromatic N) is 1. The van der Waals surface area contributed by atoms with E-state index in [0.29, 0.717) is 19.0 Å². The van der Waals surface area contributed by atoms with Gasteiger partial charge < -0.3 is 21.1 Å². The van der Waals surface area contributed by atoms with Crippen molar-refractivity contribution in [3.63, 3.8) is 0 Å². The summed E-state index contributed by atoms with van der Waals surface area (Å²) < 4.78 is 5.32. The third-order valence-corrected chi connectivity index (χ3v) is 2.91. The van der Waals surface area contributed by atoms with E-state index in [1.165, 1.54) is 0 Å². The van der Waals surface area contributed by atoms with Gasteiger partial charge in [0.1, 0.15) is 5.60 Å². The molecule has 140 valence electrons. The van der Waals surface area contributed by atoms with Crippen molar-refractivity contribution in [1.82, 2.24) is 10.6 Å². The van der Waals surface area contributed by atoms with E-state index in [1.807, 2.05) is 58.0 Å². The van der Waals surface area contributed by atoms with Crippen LogP contribution in [0.5, 0.6) is 0 Å². The number of nitrogens with two attached hydrogens (primary N) is 1. The standard InChI is InChI=1S/C18H28N4O2.HI/c1-13(2)11-20-16(19)21-12-15(14-9-7-6-8-10-14)22-17(23)24-18(3,4)5;/h6-10,15H,1,11-12H2,2-5H3,(H,22,23)(H3,19,20,21);1H. The van der Waals surface area contributed by atoms with Crippen LogP contribution in [0.15, 0.2) is 47.5 Å². The Labute approximate surface area is 167 Å². The molecule has 0 radical (unpaired) electrons. The van der Waals surface area contributed by atoms with Crippen LogP contribution in [-0.4, -0.2) is 30.7 Å². The van der Waals surface area contributed by atoms with E-state index in [0.717, 1.165) is 11.1 Å². The number of ether oxygens (including phenoxy) is 1. The van der Waals surface area contributed by atoms with Crippen molar-refractivity contribution < 1.29 is 9.53 Å². The second-order valence-electron chi connectivity index (χ2n) is 6.65. The number of alkyl carbamates (subject to hydrolysis) is 1. The molecule has 25 heavy (non-hydrogen) atoms. The van der Waals surface area contributed by atoms with Crippen LogP contribution < -0.4 is 16.4 Å². The minimum Gasteiger partial charge on any atom is -0.444 e. The summed E-state index contributed by atoms with van der Waals surface area (Å²) in [7, 11) is 0. The summed E-state index contributed by atoms with van der Waals surface area (Å²) in [5, 5.41) is 5.81. The lowest BCUT2D eigenvalue weighted by molar-refractivity contribution is 0.0505. The molecule has 0 fully saturated rings. The Morgan fingerprint density at radius 1 is 1.32 bits per heavy atom. The summed E-state index contributed by atoms with van der Waals surface area (Å²) in [5.74, 6) is 0.310. The van der Waals surface area contributed by atoms with Crippen molar-refractivity contribution in [2.24, 2.45) is 10.7 Å². The number of aliphatic imine (C=N–C) groups is 1. The van der Waals surface area contributed by atoms with Crippen molar-refractivity contribution in [2.45, 2.75) is 39.3 Å². The van der Waals surface area contributed by atoms with Crippen molar-refractivity contribution in [3.05, 3.63) is 48.0 Å². The highest BCUT2D eigenvalue weighted by molar-refractivity contribution is 14.0. The van der Waals surface area contributed by atoms with Crippen LogP contribution in [0.25, 0.3) is 0 Å². The Morgan fingerprint density at radius 3 is 2.44 bits per heavy atom. The van der Waals surface area contributed by atoms with E-state index in [-0.39, 0.29) is 30.0 Å². The third-order valence-electron chi connectivity index (χ3n) is 2.91. The second kappa shape index (κ2) is 11.0. The molecule has 6 nitrogen and oxygen atoms in total. The molecular weight excluding hydrogens is 431 g/mol. The number of hydrogen-bond acceptors (Lipinski definition) is 3. The Balaban J connectivity index is 0.00000576. The van der Waals surface area contributed by atoms with Crippen molar-refractivity contribution in [2.75, 3.05) is 13.1 Å². The first kappa shape index (κ1) is 23.2. The normalized spacial score (nSPS) is 12.6. The second-order valence-corrected chi connectivity index (χ2v) is 6.65. The molecular formula is C18H29IN4O2. The van der Waals surface area contributed by atoms with E-state index < -0.39 is 11.7 Å². The number of nitrogens with one attached hydrogen (secondary N) is 2. The monoisotopic (exact) mass is 460 g/mol. The molecule has 7 heteroatoms. The van der Waals surface area contributed by atoms with Crippen LogP contribution in [0.1, 0.15) is 39.3 Å². The molecule has 0 saturated heterocycles. The molecule has 1 amide bonds. The first-order valence-corrected chi connectivity index (χ1v) is 7.90. The lowest BCUT2D eigenvalue weighted by Crippen LogP contribution is -2.37. The molecule has 0 aliphatic rings. The van der Waals surface area contributed by atoms with Crippen LogP contribution in [0.4, 0.5) is 4.79 Å². The number of carbonyl (C=O) groups excluding carboxylic acids is 1. The van der Waals surface area contributed by atoms with Crippen LogP contribution in [0.2, 0.25) is 0 Å². The number of halogens is 1. The highest BCUT2D eigenvalue weighted by Gasteiger charge is 2.20. The summed E-state index contributed by atoms with van der Waals surface area (Å²) >= 11 is 0. The van der Waals surface area contributed by atoms with E-state index in [2.05, 4.69) is 22.2 Å². The fourth-order valence-electron chi connectivity index (χ4n) is 1.86.